The molecule has 0 unspecified atom stereocenters. The van der Waals surface area contributed by atoms with Gasteiger partial charge in [-0.05, 0) is 37.8 Å². The highest BCUT2D eigenvalue weighted by atomic mass is 32.2. The molecule has 0 radical (unpaired) electrons. The highest BCUT2D eigenvalue weighted by Gasteiger charge is 2.31. The van der Waals surface area contributed by atoms with Gasteiger partial charge < -0.3 is 10.1 Å². The summed E-state index contributed by atoms with van der Waals surface area (Å²) < 4.78 is 32.2. The van der Waals surface area contributed by atoms with Crippen LogP contribution in [0.4, 0.5) is 0 Å². The van der Waals surface area contributed by atoms with Crippen molar-refractivity contribution in [2.75, 3.05) is 25.4 Å². The first kappa shape index (κ1) is 16.9. The summed E-state index contributed by atoms with van der Waals surface area (Å²) in [6.45, 7) is 5.27. The first-order chi connectivity index (χ1) is 10.9. The van der Waals surface area contributed by atoms with Gasteiger partial charge in [-0.25, -0.2) is 8.42 Å². The van der Waals surface area contributed by atoms with E-state index in [2.05, 4.69) is 29.6 Å². The van der Waals surface area contributed by atoms with E-state index in [0.29, 0.717) is 25.7 Å². The lowest BCUT2D eigenvalue weighted by Gasteiger charge is -2.34. The Kier molecular flexibility index (Phi) is 5.06. The van der Waals surface area contributed by atoms with Gasteiger partial charge in [0.05, 0.1) is 18.0 Å². The van der Waals surface area contributed by atoms with Gasteiger partial charge in [0.2, 0.25) is 10.0 Å². The van der Waals surface area contributed by atoms with Crippen LogP contribution < -0.4 is 5.32 Å². The molecule has 128 valence electrons. The molecule has 1 saturated heterocycles. The third-order valence-corrected chi connectivity index (χ3v) is 6.43. The topological polar surface area (TPSA) is 58.6 Å². The maximum absolute atomic E-state index is 12.5. The quantitative estimate of drug-likeness (QED) is 0.876. The normalized spacial score (nSPS) is 26.3. The summed E-state index contributed by atoms with van der Waals surface area (Å²) >= 11 is 0. The summed E-state index contributed by atoms with van der Waals surface area (Å²) in [7, 11) is -3.22. The van der Waals surface area contributed by atoms with Crippen LogP contribution in [0.15, 0.2) is 24.3 Å². The smallest absolute Gasteiger partial charge is 0.215 e. The van der Waals surface area contributed by atoms with Crippen molar-refractivity contribution in [2.45, 2.75) is 44.9 Å². The SMILES string of the molecule is C[C@@H]1CN(S(=O)(=O)CCNC2Cc3ccccc3C2)C[C@@H](C)O1. The molecule has 3 rings (SSSR count). The van der Waals surface area contributed by atoms with Crippen LogP contribution in [0.25, 0.3) is 0 Å². The van der Waals surface area contributed by atoms with Crippen LogP contribution in [0, 0.1) is 0 Å². The second-order valence-corrected chi connectivity index (χ2v) is 8.81. The van der Waals surface area contributed by atoms with Crippen molar-refractivity contribution in [1.82, 2.24) is 9.62 Å². The Labute approximate surface area is 139 Å². The molecular formula is C17H26N2O3S. The number of morpholine rings is 1. The summed E-state index contributed by atoms with van der Waals surface area (Å²) in [4.78, 5) is 0. The van der Waals surface area contributed by atoms with Gasteiger partial charge in [-0.2, -0.15) is 4.31 Å². The zero-order valence-electron chi connectivity index (χ0n) is 13.9. The Morgan fingerprint density at radius 1 is 1.13 bits per heavy atom. The number of benzene rings is 1. The fraction of sp³-hybridized carbons (Fsp3) is 0.647. The molecule has 5 nitrogen and oxygen atoms in total. The van der Waals surface area contributed by atoms with Crippen LogP contribution in [0.3, 0.4) is 0 Å². The highest BCUT2D eigenvalue weighted by molar-refractivity contribution is 7.89. The third kappa shape index (κ3) is 4.12. The number of hydrogen-bond acceptors (Lipinski definition) is 4. The van der Waals surface area contributed by atoms with Gasteiger partial charge in [-0.1, -0.05) is 24.3 Å². The molecule has 2 aliphatic rings. The molecule has 0 amide bonds. The molecule has 1 aliphatic heterocycles. The molecule has 23 heavy (non-hydrogen) atoms. The lowest BCUT2D eigenvalue weighted by Crippen LogP contribution is -2.49. The van der Waals surface area contributed by atoms with Crippen LogP contribution in [0.1, 0.15) is 25.0 Å². The summed E-state index contributed by atoms with van der Waals surface area (Å²) in [5.41, 5.74) is 2.76. The maximum atomic E-state index is 12.5. The molecule has 1 aliphatic carbocycles. The van der Waals surface area contributed by atoms with Gasteiger partial charge in [0.15, 0.2) is 0 Å². The number of fused-ring (bicyclic) bond motifs is 1. The van der Waals surface area contributed by atoms with Crippen LogP contribution >= 0.6 is 0 Å². The Balaban J connectivity index is 1.49. The molecule has 2 atom stereocenters. The minimum absolute atomic E-state index is 0.0363. The number of nitrogens with one attached hydrogen (secondary N) is 1. The zero-order chi connectivity index (χ0) is 16.4. The van der Waals surface area contributed by atoms with Crippen molar-refractivity contribution in [3.8, 4) is 0 Å². The minimum Gasteiger partial charge on any atom is -0.373 e. The largest absolute Gasteiger partial charge is 0.373 e. The Bertz CT molecular complexity index is 612. The van der Waals surface area contributed by atoms with Crippen LogP contribution in [-0.4, -0.2) is 56.4 Å². The molecule has 1 fully saturated rings. The Morgan fingerprint density at radius 3 is 2.26 bits per heavy atom. The Morgan fingerprint density at radius 2 is 1.70 bits per heavy atom. The van der Waals surface area contributed by atoms with E-state index >= 15 is 0 Å². The van der Waals surface area contributed by atoms with E-state index in [1.54, 1.807) is 4.31 Å². The molecule has 1 aromatic carbocycles. The Hall–Kier alpha value is -0.950. The molecule has 1 aromatic rings. The second kappa shape index (κ2) is 6.89. The lowest BCUT2D eigenvalue weighted by atomic mass is 10.1. The van der Waals surface area contributed by atoms with Gasteiger partial charge in [0, 0.05) is 25.7 Å². The zero-order valence-corrected chi connectivity index (χ0v) is 14.7. The number of hydrogen-bond donors (Lipinski definition) is 1. The van der Waals surface area contributed by atoms with E-state index in [4.69, 9.17) is 4.74 Å². The maximum Gasteiger partial charge on any atom is 0.215 e. The van der Waals surface area contributed by atoms with Gasteiger partial charge >= 0.3 is 0 Å². The van der Waals surface area contributed by atoms with E-state index in [-0.39, 0.29) is 18.0 Å². The molecule has 6 heteroatoms. The first-order valence-corrected chi connectivity index (χ1v) is 9.98. The van der Waals surface area contributed by atoms with Gasteiger partial charge in [-0.3, -0.25) is 0 Å². The monoisotopic (exact) mass is 338 g/mol. The summed E-state index contributed by atoms with van der Waals surface area (Å²) in [5, 5.41) is 3.41. The molecule has 1 heterocycles. The molecular weight excluding hydrogens is 312 g/mol. The van der Waals surface area contributed by atoms with Crippen molar-refractivity contribution in [1.29, 1.82) is 0 Å². The van der Waals surface area contributed by atoms with E-state index in [1.807, 2.05) is 13.8 Å². The molecule has 0 aromatic heterocycles. The van der Waals surface area contributed by atoms with Crippen molar-refractivity contribution in [3.05, 3.63) is 35.4 Å². The fourth-order valence-electron chi connectivity index (χ4n) is 3.58. The molecule has 1 N–H and O–H groups in total. The average molecular weight is 338 g/mol. The van der Waals surface area contributed by atoms with Gasteiger partial charge in [0.25, 0.3) is 0 Å². The average Bonchev–Trinajstić information content (AvgIpc) is 2.88. The number of ether oxygens (including phenoxy) is 1. The second-order valence-electron chi connectivity index (χ2n) is 6.72. The van der Waals surface area contributed by atoms with Gasteiger partial charge in [0.1, 0.15) is 0 Å². The van der Waals surface area contributed by atoms with Crippen molar-refractivity contribution in [3.63, 3.8) is 0 Å². The van der Waals surface area contributed by atoms with Crippen LogP contribution in [0.2, 0.25) is 0 Å². The third-order valence-electron chi connectivity index (χ3n) is 4.62. The minimum atomic E-state index is -3.22. The van der Waals surface area contributed by atoms with Crippen LogP contribution in [0.5, 0.6) is 0 Å². The standard InChI is InChI=1S/C17H26N2O3S/c1-13-11-19(12-14(2)22-13)23(20,21)8-7-18-17-9-15-5-3-4-6-16(15)10-17/h3-6,13-14,17-18H,7-12H2,1-2H3/t13-,14-/m1/s1. The summed E-state index contributed by atoms with van der Waals surface area (Å²) in [5.74, 6) is 0.152. The summed E-state index contributed by atoms with van der Waals surface area (Å²) in [6.07, 6.45) is 1.90. The van der Waals surface area contributed by atoms with Gasteiger partial charge in [-0.15, -0.1) is 0 Å². The first-order valence-electron chi connectivity index (χ1n) is 8.37. The summed E-state index contributed by atoms with van der Waals surface area (Å²) in [6, 6.07) is 8.79. The van der Waals surface area contributed by atoms with E-state index < -0.39 is 10.0 Å². The van der Waals surface area contributed by atoms with Crippen molar-refractivity contribution >= 4 is 10.0 Å². The predicted octanol–water partition coefficient (Wildman–Crippen LogP) is 1.18. The van der Waals surface area contributed by atoms with Crippen LogP contribution in [-0.2, 0) is 27.6 Å². The fourth-order valence-corrected chi connectivity index (χ4v) is 5.09. The number of nitrogens with zero attached hydrogens (tertiary/aromatic N) is 1. The van der Waals surface area contributed by atoms with E-state index in [1.165, 1.54) is 11.1 Å². The van der Waals surface area contributed by atoms with E-state index in [0.717, 1.165) is 12.8 Å². The number of sulfonamides is 1. The molecule has 0 spiro atoms. The molecule has 0 bridgehead atoms. The predicted molar refractivity (Wildman–Crippen MR) is 91.0 cm³/mol. The van der Waals surface area contributed by atoms with E-state index in [9.17, 15) is 8.42 Å². The highest BCUT2D eigenvalue weighted by Crippen LogP contribution is 2.21. The van der Waals surface area contributed by atoms with Crippen molar-refractivity contribution < 1.29 is 13.2 Å². The lowest BCUT2D eigenvalue weighted by molar-refractivity contribution is -0.0440. The van der Waals surface area contributed by atoms with Crippen molar-refractivity contribution in [2.24, 2.45) is 0 Å². The molecule has 0 saturated carbocycles. The number of rotatable bonds is 5.